The van der Waals surface area contributed by atoms with E-state index in [-0.39, 0.29) is 5.41 Å². The maximum atomic E-state index is 12.2. The van der Waals surface area contributed by atoms with Gasteiger partial charge in [0.2, 0.25) is 5.91 Å². The maximum Gasteiger partial charge on any atom is 0.237 e. The summed E-state index contributed by atoms with van der Waals surface area (Å²) in [5.41, 5.74) is 0.244. The van der Waals surface area contributed by atoms with E-state index in [9.17, 15) is 4.79 Å². The molecule has 1 saturated carbocycles. The van der Waals surface area contributed by atoms with Crippen LogP contribution in [-0.2, 0) is 4.79 Å². The molecule has 1 aliphatic carbocycles. The highest BCUT2D eigenvalue weighted by molar-refractivity contribution is 5.80. The van der Waals surface area contributed by atoms with Gasteiger partial charge in [0, 0.05) is 6.54 Å². The van der Waals surface area contributed by atoms with Crippen molar-refractivity contribution >= 4 is 5.91 Å². The third-order valence-electron chi connectivity index (χ3n) is 5.02. The smallest absolute Gasteiger partial charge is 0.237 e. The first-order valence-electron chi connectivity index (χ1n) is 8.56. The van der Waals surface area contributed by atoms with Gasteiger partial charge in [-0.05, 0) is 30.6 Å². The molecule has 2 rings (SSSR count). The fourth-order valence-electron chi connectivity index (χ4n) is 3.83. The Hall–Kier alpha value is -0.570. The summed E-state index contributed by atoms with van der Waals surface area (Å²) in [6.45, 7) is 8.35. The Labute approximate surface area is 124 Å². The van der Waals surface area contributed by atoms with Gasteiger partial charge in [0.25, 0.3) is 0 Å². The highest BCUT2D eigenvalue weighted by Gasteiger charge is 2.39. The summed E-state index contributed by atoms with van der Waals surface area (Å²) in [6, 6.07) is 0. The molecule has 1 unspecified atom stereocenters. The van der Waals surface area contributed by atoms with Crippen LogP contribution in [0.2, 0.25) is 0 Å². The number of nitrogens with one attached hydrogen (secondary N) is 1. The van der Waals surface area contributed by atoms with E-state index in [2.05, 4.69) is 31.0 Å². The first-order valence-corrected chi connectivity index (χ1v) is 8.56. The molecule has 1 aliphatic heterocycles. The van der Waals surface area contributed by atoms with Crippen molar-refractivity contribution in [3.63, 3.8) is 0 Å². The molecule has 0 aromatic heterocycles. The second kappa shape index (κ2) is 6.93. The lowest BCUT2D eigenvalue weighted by atomic mass is 9.86. The van der Waals surface area contributed by atoms with Crippen LogP contribution in [0.4, 0.5) is 0 Å². The second-order valence-electron chi connectivity index (χ2n) is 7.51. The summed E-state index contributed by atoms with van der Waals surface area (Å²) >= 11 is 0. The number of hydrogen-bond acceptors (Lipinski definition) is 2. The zero-order valence-corrected chi connectivity index (χ0v) is 13.6. The van der Waals surface area contributed by atoms with E-state index in [1.165, 1.54) is 51.4 Å². The third kappa shape index (κ3) is 3.97. The van der Waals surface area contributed by atoms with Gasteiger partial charge in [-0.25, -0.2) is 0 Å². The molecular formula is C17H32N2O. The van der Waals surface area contributed by atoms with Crippen LogP contribution in [0.3, 0.4) is 0 Å². The van der Waals surface area contributed by atoms with E-state index in [1.54, 1.807) is 0 Å². The summed E-state index contributed by atoms with van der Waals surface area (Å²) < 4.78 is 0. The molecule has 3 heteroatoms. The summed E-state index contributed by atoms with van der Waals surface area (Å²) in [7, 11) is 0. The molecule has 20 heavy (non-hydrogen) atoms. The van der Waals surface area contributed by atoms with E-state index in [4.69, 9.17) is 0 Å². The van der Waals surface area contributed by atoms with Gasteiger partial charge in [-0.2, -0.15) is 0 Å². The van der Waals surface area contributed by atoms with Crippen LogP contribution in [0.1, 0.15) is 72.1 Å². The minimum atomic E-state index is 0.244. The summed E-state index contributed by atoms with van der Waals surface area (Å²) in [5.74, 6) is 0.998. The van der Waals surface area contributed by atoms with Crippen molar-refractivity contribution in [1.29, 1.82) is 0 Å². The minimum Gasteiger partial charge on any atom is -0.325 e. The van der Waals surface area contributed by atoms with Crippen LogP contribution in [0.15, 0.2) is 0 Å². The molecular weight excluding hydrogens is 248 g/mol. The largest absolute Gasteiger partial charge is 0.325 e. The van der Waals surface area contributed by atoms with E-state index in [0.29, 0.717) is 24.5 Å². The molecule has 0 spiro atoms. The van der Waals surface area contributed by atoms with E-state index in [0.717, 1.165) is 6.54 Å². The standard InChI is InChI=1S/C17H32N2O/c1-4-5-8-11-17(2,3)13-19-15(20)12-18-16(19)14-9-6-7-10-14/h14,16,18H,4-13H2,1-3H3. The van der Waals surface area contributed by atoms with Crippen LogP contribution >= 0.6 is 0 Å². The predicted molar refractivity (Wildman–Crippen MR) is 83.4 cm³/mol. The summed E-state index contributed by atoms with van der Waals surface area (Å²) in [4.78, 5) is 14.4. The van der Waals surface area contributed by atoms with Gasteiger partial charge in [-0.3, -0.25) is 10.1 Å². The molecule has 0 radical (unpaired) electrons. The molecule has 0 bridgehead atoms. The molecule has 1 heterocycles. The number of unbranched alkanes of at least 4 members (excludes halogenated alkanes) is 2. The summed E-state index contributed by atoms with van der Waals surface area (Å²) in [5, 5.41) is 3.46. The fraction of sp³-hybridized carbons (Fsp3) is 0.941. The molecule has 0 aromatic rings. The Bertz CT molecular complexity index is 321. The van der Waals surface area contributed by atoms with Crippen LogP contribution in [0, 0.1) is 11.3 Å². The second-order valence-corrected chi connectivity index (χ2v) is 7.51. The van der Waals surface area contributed by atoms with Crippen molar-refractivity contribution in [2.24, 2.45) is 11.3 Å². The van der Waals surface area contributed by atoms with Crippen molar-refractivity contribution in [1.82, 2.24) is 10.2 Å². The monoisotopic (exact) mass is 280 g/mol. The van der Waals surface area contributed by atoms with Crippen LogP contribution < -0.4 is 5.32 Å². The zero-order valence-electron chi connectivity index (χ0n) is 13.6. The van der Waals surface area contributed by atoms with Gasteiger partial charge < -0.3 is 4.90 Å². The number of hydrogen-bond donors (Lipinski definition) is 1. The van der Waals surface area contributed by atoms with Crippen molar-refractivity contribution in [2.45, 2.75) is 78.3 Å². The normalized spacial score (nSPS) is 24.9. The van der Waals surface area contributed by atoms with Gasteiger partial charge in [-0.1, -0.05) is 52.9 Å². The van der Waals surface area contributed by atoms with Crippen molar-refractivity contribution in [2.75, 3.05) is 13.1 Å². The summed E-state index contributed by atoms with van der Waals surface area (Å²) in [6.07, 6.45) is 10.7. The Morgan fingerprint density at radius 2 is 1.95 bits per heavy atom. The van der Waals surface area contributed by atoms with Crippen LogP contribution in [0.25, 0.3) is 0 Å². The van der Waals surface area contributed by atoms with Crippen LogP contribution in [-0.4, -0.2) is 30.1 Å². The van der Waals surface area contributed by atoms with Gasteiger partial charge in [0.1, 0.15) is 0 Å². The Balaban J connectivity index is 1.92. The molecule has 1 atom stereocenters. The molecule has 1 saturated heterocycles. The van der Waals surface area contributed by atoms with E-state index < -0.39 is 0 Å². The van der Waals surface area contributed by atoms with Crippen molar-refractivity contribution in [3.8, 4) is 0 Å². The van der Waals surface area contributed by atoms with Gasteiger partial charge in [-0.15, -0.1) is 0 Å². The lowest BCUT2D eigenvalue weighted by Crippen LogP contribution is -2.46. The van der Waals surface area contributed by atoms with Gasteiger partial charge >= 0.3 is 0 Å². The number of carbonyl (C=O) groups excluding carboxylic acids is 1. The minimum absolute atomic E-state index is 0.244. The van der Waals surface area contributed by atoms with E-state index in [1.807, 2.05) is 0 Å². The highest BCUT2D eigenvalue weighted by Crippen LogP contribution is 2.33. The van der Waals surface area contributed by atoms with Crippen molar-refractivity contribution < 1.29 is 4.79 Å². The predicted octanol–water partition coefficient (Wildman–Crippen LogP) is 3.54. The Kier molecular flexibility index (Phi) is 5.48. The topological polar surface area (TPSA) is 32.3 Å². The number of nitrogens with zero attached hydrogens (tertiary/aromatic N) is 1. The average molecular weight is 280 g/mol. The molecule has 1 N–H and O–H groups in total. The zero-order chi connectivity index (χ0) is 14.6. The molecule has 2 fully saturated rings. The molecule has 116 valence electrons. The fourth-order valence-corrected chi connectivity index (χ4v) is 3.83. The Morgan fingerprint density at radius 1 is 1.25 bits per heavy atom. The first kappa shape index (κ1) is 15.8. The average Bonchev–Trinajstić information content (AvgIpc) is 3.01. The lowest BCUT2D eigenvalue weighted by molar-refractivity contribution is -0.130. The molecule has 3 nitrogen and oxygen atoms in total. The van der Waals surface area contributed by atoms with Gasteiger partial charge in [0.15, 0.2) is 0 Å². The number of carbonyl (C=O) groups is 1. The van der Waals surface area contributed by atoms with Gasteiger partial charge in [0.05, 0.1) is 12.7 Å². The molecule has 1 amide bonds. The SMILES string of the molecule is CCCCCC(C)(C)CN1C(=O)CNC1C1CCCC1. The quantitative estimate of drug-likeness (QED) is 0.723. The maximum absolute atomic E-state index is 12.2. The van der Waals surface area contributed by atoms with Crippen LogP contribution in [0.5, 0.6) is 0 Å². The lowest BCUT2D eigenvalue weighted by Gasteiger charge is -2.36. The number of amides is 1. The Morgan fingerprint density at radius 3 is 2.60 bits per heavy atom. The highest BCUT2D eigenvalue weighted by atomic mass is 16.2. The third-order valence-corrected chi connectivity index (χ3v) is 5.02. The molecule has 0 aromatic carbocycles. The van der Waals surface area contributed by atoms with Crippen molar-refractivity contribution in [3.05, 3.63) is 0 Å². The van der Waals surface area contributed by atoms with E-state index >= 15 is 0 Å². The molecule has 2 aliphatic rings. The number of rotatable bonds is 7. The first-order chi connectivity index (χ1) is 9.53.